The molecule has 1 aromatic carbocycles. The Hall–Kier alpha value is -3.23. The molecular weight excluding hydrogens is 362 g/mol. The summed E-state index contributed by atoms with van der Waals surface area (Å²) in [5, 5.41) is 5.36. The van der Waals surface area contributed by atoms with E-state index in [0.29, 0.717) is 17.8 Å². The van der Waals surface area contributed by atoms with Crippen LogP contribution in [0.1, 0.15) is 12.5 Å². The number of hydrogen-bond acceptors (Lipinski definition) is 5. The van der Waals surface area contributed by atoms with E-state index in [1.807, 2.05) is 6.92 Å². The minimum absolute atomic E-state index is 0.0309. The van der Waals surface area contributed by atoms with E-state index < -0.39 is 23.2 Å². The highest BCUT2D eigenvalue weighted by atomic mass is 19.4. The minimum atomic E-state index is -4.71. The summed E-state index contributed by atoms with van der Waals surface area (Å²) >= 11 is 0. The Morgan fingerprint density at radius 1 is 1.04 bits per heavy atom. The van der Waals surface area contributed by atoms with Gasteiger partial charge in [-0.05, 0) is 31.2 Å². The molecule has 0 unspecified atom stereocenters. The van der Waals surface area contributed by atoms with Crippen LogP contribution in [0.4, 0.5) is 35.0 Å². The van der Waals surface area contributed by atoms with Crippen molar-refractivity contribution >= 4 is 17.5 Å². The van der Waals surface area contributed by atoms with Gasteiger partial charge >= 0.3 is 6.18 Å². The van der Waals surface area contributed by atoms with Crippen LogP contribution in [0, 0.1) is 5.82 Å². The van der Waals surface area contributed by atoms with Crippen LogP contribution >= 0.6 is 0 Å². The second kappa shape index (κ2) is 7.56. The first kappa shape index (κ1) is 18.6. The van der Waals surface area contributed by atoms with E-state index in [0.717, 1.165) is 18.2 Å². The topological polar surface area (TPSA) is 62.7 Å². The number of nitrogens with zero attached hydrogens (tertiary/aromatic N) is 3. The van der Waals surface area contributed by atoms with Crippen LogP contribution in [-0.4, -0.2) is 21.5 Å². The molecule has 0 radical (unpaired) electrons. The summed E-state index contributed by atoms with van der Waals surface area (Å²) < 4.78 is 53.8. The standard InChI is InChI=1S/C18H15F4N5/c1-2-24-17-25-14(11-6-8-23-9-7-11)10-15(27-17)26-16-12(18(20,21)22)4-3-5-13(16)19/h3-10H,2H2,1H3,(H2,24,25,26,27). The molecule has 0 saturated heterocycles. The molecule has 2 N–H and O–H groups in total. The molecule has 0 fully saturated rings. The SMILES string of the molecule is CCNc1nc(Nc2c(F)cccc2C(F)(F)F)cc(-c2ccncc2)n1. The molecule has 140 valence electrons. The Kier molecular flexibility index (Phi) is 5.20. The van der Waals surface area contributed by atoms with Crippen molar-refractivity contribution in [2.75, 3.05) is 17.2 Å². The Morgan fingerprint density at radius 2 is 1.78 bits per heavy atom. The number of para-hydroxylation sites is 1. The molecule has 0 spiro atoms. The number of nitrogens with one attached hydrogen (secondary N) is 2. The third-order valence-electron chi connectivity index (χ3n) is 3.61. The van der Waals surface area contributed by atoms with Gasteiger partial charge in [0.05, 0.1) is 16.9 Å². The molecule has 0 aliphatic carbocycles. The molecule has 2 aromatic heterocycles. The lowest BCUT2D eigenvalue weighted by atomic mass is 10.1. The summed E-state index contributed by atoms with van der Waals surface area (Å²) in [4.78, 5) is 12.4. The van der Waals surface area contributed by atoms with Gasteiger partial charge in [0.25, 0.3) is 0 Å². The number of halogens is 4. The third-order valence-corrected chi connectivity index (χ3v) is 3.61. The number of pyridine rings is 1. The van der Waals surface area contributed by atoms with Crippen molar-refractivity contribution in [3.05, 3.63) is 60.2 Å². The average Bonchev–Trinajstić information content (AvgIpc) is 2.63. The fourth-order valence-corrected chi connectivity index (χ4v) is 2.43. The first-order chi connectivity index (χ1) is 12.9. The quantitative estimate of drug-likeness (QED) is 0.621. The highest BCUT2D eigenvalue weighted by molar-refractivity contribution is 5.69. The van der Waals surface area contributed by atoms with E-state index in [1.165, 1.54) is 6.07 Å². The van der Waals surface area contributed by atoms with Crippen molar-refractivity contribution in [3.8, 4) is 11.3 Å². The van der Waals surface area contributed by atoms with Crippen molar-refractivity contribution in [3.63, 3.8) is 0 Å². The van der Waals surface area contributed by atoms with Gasteiger partial charge in [-0.3, -0.25) is 4.98 Å². The van der Waals surface area contributed by atoms with Crippen LogP contribution in [0.5, 0.6) is 0 Å². The maximum atomic E-state index is 14.1. The lowest BCUT2D eigenvalue weighted by molar-refractivity contribution is -0.137. The fraction of sp³-hybridized carbons (Fsp3) is 0.167. The molecule has 0 amide bonds. The Bertz CT molecular complexity index is 929. The Balaban J connectivity index is 2.07. The summed E-state index contributed by atoms with van der Waals surface area (Å²) in [7, 11) is 0. The van der Waals surface area contributed by atoms with Gasteiger partial charge in [0.1, 0.15) is 11.6 Å². The van der Waals surface area contributed by atoms with E-state index in [-0.39, 0.29) is 11.8 Å². The highest BCUT2D eigenvalue weighted by Gasteiger charge is 2.35. The summed E-state index contributed by atoms with van der Waals surface area (Å²) in [6.07, 6.45) is -1.58. The van der Waals surface area contributed by atoms with Gasteiger partial charge in [0.15, 0.2) is 0 Å². The van der Waals surface area contributed by atoms with Gasteiger partial charge in [-0.15, -0.1) is 0 Å². The van der Waals surface area contributed by atoms with Crippen molar-refractivity contribution in [1.82, 2.24) is 15.0 Å². The van der Waals surface area contributed by atoms with Gasteiger partial charge in [0.2, 0.25) is 5.95 Å². The number of hydrogen-bond donors (Lipinski definition) is 2. The second-order valence-corrected chi connectivity index (χ2v) is 5.51. The van der Waals surface area contributed by atoms with E-state index in [4.69, 9.17) is 0 Å². The lowest BCUT2D eigenvalue weighted by Crippen LogP contribution is -2.11. The predicted molar refractivity (Wildman–Crippen MR) is 94.1 cm³/mol. The smallest absolute Gasteiger partial charge is 0.354 e. The van der Waals surface area contributed by atoms with Crippen LogP contribution < -0.4 is 10.6 Å². The number of anilines is 3. The summed E-state index contributed by atoms with van der Waals surface area (Å²) in [6.45, 7) is 2.33. The largest absolute Gasteiger partial charge is 0.418 e. The summed E-state index contributed by atoms with van der Waals surface area (Å²) in [5.41, 5.74) is -0.654. The molecule has 0 saturated carbocycles. The predicted octanol–water partition coefficient (Wildman–Crippen LogP) is 4.87. The van der Waals surface area contributed by atoms with E-state index in [1.54, 1.807) is 24.5 Å². The number of rotatable bonds is 5. The second-order valence-electron chi connectivity index (χ2n) is 5.51. The van der Waals surface area contributed by atoms with Crippen LogP contribution in [0.2, 0.25) is 0 Å². The third kappa shape index (κ3) is 4.30. The first-order valence-electron chi connectivity index (χ1n) is 8.04. The van der Waals surface area contributed by atoms with E-state index in [2.05, 4.69) is 25.6 Å². The number of alkyl halides is 3. The molecule has 2 heterocycles. The molecule has 0 aliphatic heterocycles. The number of aromatic nitrogens is 3. The zero-order valence-corrected chi connectivity index (χ0v) is 14.2. The maximum absolute atomic E-state index is 14.1. The minimum Gasteiger partial charge on any atom is -0.354 e. The zero-order chi connectivity index (χ0) is 19.4. The van der Waals surface area contributed by atoms with E-state index in [9.17, 15) is 17.6 Å². The van der Waals surface area contributed by atoms with Crippen LogP contribution in [0.3, 0.4) is 0 Å². The van der Waals surface area contributed by atoms with Gasteiger partial charge in [-0.1, -0.05) is 6.07 Å². The van der Waals surface area contributed by atoms with Crippen molar-refractivity contribution < 1.29 is 17.6 Å². The van der Waals surface area contributed by atoms with Crippen molar-refractivity contribution in [2.45, 2.75) is 13.1 Å². The normalized spacial score (nSPS) is 11.3. The molecule has 0 bridgehead atoms. The van der Waals surface area contributed by atoms with Crippen molar-refractivity contribution in [2.24, 2.45) is 0 Å². The summed E-state index contributed by atoms with van der Waals surface area (Å²) in [5.74, 6) is -0.790. The van der Waals surface area contributed by atoms with E-state index >= 15 is 0 Å². The van der Waals surface area contributed by atoms with Crippen molar-refractivity contribution in [1.29, 1.82) is 0 Å². The highest BCUT2D eigenvalue weighted by Crippen LogP contribution is 2.37. The Morgan fingerprint density at radius 3 is 2.44 bits per heavy atom. The molecule has 3 aromatic rings. The van der Waals surface area contributed by atoms with Gasteiger partial charge in [-0.2, -0.15) is 18.2 Å². The van der Waals surface area contributed by atoms with Gasteiger partial charge < -0.3 is 10.6 Å². The average molecular weight is 377 g/mol. The molecule has 27 heavy (non-hydrogen) atoms. The van der Waals surface area contributed by atoms with Crippen LogP contribution in [-0.2, 0) is 6.18 Å². The molecule has 0 atom stereocenters. The zero-order valence-electron chi connectivity index (χ0n) is 14.2. The molecule has 5 nitrogen and oxygen atoms in total. The maximum Gasteiger partial charge on any atom is 0.418 e. The number of benzene rings is 1. The van der Waals surface area contributed by atoms with Crippen LogP contribution in [0.15, 0.2) is 48.8 Å². The Labute approximate surface area is 152 Å². The van der Waals surface area contributed by atoms with Gasteiger partial charge in [0, 0.05) is 30.6 Å². The summed E-state index contributed by atoms with van der Waals surface area (Å²) in [6, 6.07) is 7.62. The molecule has 0 aliphatic rings. The van der Waals surface area contributed by atoms with Gasteiger partial charge in [-0.25, -0.2) is 9.37 Å². The molecule has 9 heteroatoms. The molecule has 3 rings (SSSR count). The first-order valence-corrected chi connectivity index (χ1v) is 8.04. The monoisotopic (exact) mass is 377 g/mol. The van der Waals surface area contributed by atoms with Crippen LogP contribution in [0.25, 0.3) is 11.3 Å². The molecular formula is C18H15F4N5. The lowest BCUT2D eigenvalue weighted by Gasteiger charge is -2.16. The fourth-order valence-electron chi connectivity index (χ4n) is 2.43.